The Kier molecular flexibility index (Phi) is 3.36. The monoisotopic (exact) mass is 273 g/mol. The highest BCUT2D eigenvalue weighted by Crippen LogP contribution is 2.39. The maximum absolute atomic E-state index is 12.5. The highest BCUT2D eigenvalue weighted by atomic mass is 32.2. The first-order chi connectivity index (χ1) is 7.83. The average Bonchev–Trinajstić information content (AvgIpc) is 2.75. The van der Waals surface area contributed by atoms with Crippen molar-refractivity contribution in [2.24, 2.45) is 11.1 Å². The first-order valence-electron chi connectivity index (χ1n) is 5.86. The summed E-state index contributed by atoms with van der Waals surface area (Å²) in [6.07, 6.45) is 2.46. The van der Waals surface area contributed by atoms with Gasteiger partial charge in [-0.25, -0.2) is 8.42 Å². The van der Waals surface area contributed by atoms with Crippen molar-refractivity contribution in [2.75, 3.05) is 0 Å². The number of thiophene rings is 1. The molecule has 1 aromatic heterocycles. The molecule has 96 valence electrons. The number of rotatable bonds is 2. The summed E-state index contributed by atoms with van der Waals surface area (Å²) in [5.74, 6) is 0. The summed E-state index contributed by atoms with van der Waals surface area (Å²) in [4.78, 5) is 0. The third kappa shape index (κ3) is 2.56. The lowest BCUT2D eigenvalue weighted by Gasteiger charge is -2.38. The molecule has 1 heterocycles. The fourth-order valence-electron chi connectivity index (χ4n) is 2.46. The van der Waals surface area contributed by atoms with Crippen LogP contribution in [-0.2, 0) is 9.84 Å². The summed E-state index contributed by atoms with van der Waals surface area (Å²) in [5.41, 5.74) is 6.09. The third-order valence-electron chi connectivity index (χ3n) is 3.56. The van der Waals surface area contributed by atoms with Gasteiger partial charge < -0.3 is 5.73 Å². The van der Waals surface area contributed by atoms with E-state index in [0.717, 1.165) is 12.8 Å². The molecule has 0 aliphatic heterocycles. The number of sulfone groups is 1. The Balaban J connectivity index is 2.32. The zero-order chi connectivity index (χ0) is 12.7. The summed E-state index contributed by atoms with van der Waals surface area (Å²) < 4.78 is 25.4. The van der Waals surface area contributed by atoms with Gasteiger partial charge in [0.15, 0.2) is 9.84 Å². The first-order valence-corrected chi connectivity index (χ1v) is 8.28. The number of hydrogen-bond acceptors (Lipinski definition) is 4. The van der Waals surface area contributed by atoms with Crippen LogP contribution in [0.1, 0.15) is 33.1 Å². The molecule has 1 aliphatic rings. The Morgan fingerprint density at radius 3 is 2.76 bits per heavy atom. The molecular weight excluding hydrogens is 254 g/mol. The standard InChI is InChI=1S/C12H19NO2S2/c1-12(2)6-5-9(13)10(8-12)17(14,15)11-4-3-7-16-11/h3-4,7,9-10H,5-6,8,13H2,1-2H3. The minimum atomic E-state index is -3.25. The minimum absolute atomic E-state index is 0.0743. The molecule has 2 atom stereocenters. The fraction of sp³-hybridized carbons (Fsp3) is 0.667. The predicted octanol–water partition coefficient (Wildman–Crippen LogP) is 2.43. The summed E-state index contributed by atoms with van der Waals surface area (Å²) >= 11 is 1.28. The van der Waals surface area contributed by atoms with Crippen molar-refractivity contribution in [3.05, 3.63) is 17.5 Å². The van der Waals surface area contributed by atoms with Crippen LogP contribution in [0.25, 0.3) is 0 Å². The summed E-state index contributed by atoms with van der Waals surface area (Å²) in [7, 11) is -3.25. The fourth-order valence-corrected chi connectivity index (χ4v) is 5.81. The van der Waals surface area contributed by atoms with E-state index in [4.69, 9.17) is 5.73 Å². The zero-order valence-corrected chi connectivity index (χ0v) is 11.9. The van der Waals surface area contributed by atoms with Crippen molar-refractivity contribution in [2.45, 2.75) is 48.6 Å². The topological polar surface area (TPSA) is 60.2 Å². The second-order valence-corrected chi connectivity index (χ2v) is 8.93. The van der Waals surface area contributed by atoms with Crippen LogP contribution in [0.3, 0.4) is 0 Å². The second kappa shape index (κ2) is 4.37. The van der Waals surface area contributed by atoms with Gasteiger partial charge in [0, 0.05) is 6.04 Å². The van der Waals surface area contributed by atoms with Gasteiger partial charge in [0.2, 0.25) is 0 Å². The van der Waals surface area contributed by atoms with Crippen LogP contribution in [-0.4, -0.2) is 19.7 Å². The molecule has 1 saturated carbocycles. The molecule has 2 rings (SSSR count). The highest BCUT2D eigenvalue weighted by Gasteiger charge is 2.41. The van der Waals surface area contributed by atoms with Crippen LogP contribution in [0, 0.1) is 5.41 Å². The molecule has 3 nitrogen and oxygen atoms in total. The van der Waals surface area contributed by atoms with Gasteiger partial charge in [0.1, 0.15) is 4.21 Å². The largest absolute Gasteiger partial charge is 0.327 e. The zero-order valence-electron chi connectivity index (χ0n) is 10.2. The summed E-state index contributed by atoms with van der Waals surface area (Å²) in [6.45, 7) is 4.24. The molecule has 5 heteroatoms. The predicted molar refractivity (Wildman–Crippen MR) is 70.9 cm³/mol. The van der Waals surface area contributed by atoms with Crippen LogP contribution in [0.4, 0.5) is 0 Å². The number of hydrogen-bond donors (Lipinski definition) is 1. The van der Waals surface area contributed by atoms with Gasteiger partial charge in [0.05, 0.1) is 5.25 Å². The van der Waals surface area contributed by atoms with E-state index in [1.54, 1.807) is 17.5 Å². The van der Waals surface area contributed by atoms with E-state index in [9.17, 15) is 8.42 Å². The average molecular weight is 273 g/mol. The van der Waals surface area contributed by atoms with Crippen LogP contribution in [0.5, 0.6) is 0 Å². The lowest BCUT2D eigenvalue weighted by Crippen LogP contribution is -2.47. The van der Waals surface area contributed by atoms with E-state index in [1.807, 2.05) is 0 Å². The normalized spacial score (nSPS) is 29.1. The lowest BCUT2D eigenvalue weighted by atomic mass is 9.75. The van der Waals surface area contributed by atoms with E-state index < -0.39 is 15.1 Å². The molecule has 1 aromatic rings. The van der Waals surface area contributed by atoms with E-state index in [-0.39, 0.29) is 11.5 Å². The SMILES string of the molecule is CC1(C)CCC(N)C(S(=O)(=O)c2cccs2)C1. The summed E-state index contributed by atoms with van der Waals surface area (Å²) in [5, 5.41) is 1.37. The quantitative estimate of drug-likeness (QED) is 0.900. The van der Waals surface area contributed by atoms with Gasteiger partial charge in [-0.15, -0.1) is 11.3 Å². The molecule has 17 heavy (non-hydrogen) atoms. The van der Waals surface area contributed by atoms with E-state index in [0.29, 0.717) is 10.6 Å². The van der Waals surface area contributed by atoms with Crippen LogP contribution < -0.4 is 5.73 Å². The van der Waals surface area contributed by atoms with Crippen molar-refractivity contribution in [1.29, 1.82) is 0 Å². The van der Waals surface area contributed by atoms with Gasteiger partial charge in [-0.2, -0.15) is 0 Å². The second-order valence-electron chi connectivity index (χ2n) is 5.59. The Morgan fingerprint density at radius 1 is 1.47 bits per heavy atom. The molecule has 0 amide bonds. The minimum Gasteiger partial charge on any atom is -0.327 e. The molecule has 0 saturated heterocycles. The summed E-state index contributed by atoms with van der Waals surface area (Å²) in [6, 6.07) is 3.22. The molecule has 0 bridgehead atoms. The maximum atomic E-state index is 12.5. The van der Waals surface area contributed by atoms with Gasteiger partial charge in [-0.05, 0) is 36.1 Å². The molecule has 2 unspecified atom stereocenters. The van der Waals surface area contributed by atoms with Gasteiger partial charge >= 0.3 is 0 Å². The van der Waals surface area contributed by atoms with Crippen LogP contribution >= 0.6 is 11.3 Å². The molecule has 0 aromatic carbocycles. The van der Waals surface area contributed by atoms with Crippen molar-refractivity contribution in [1.82, 2.24) is 0 Å². The van der Waals surface area contributed by atoms with Crippen LogP contribution in [0.15, 0.2) is 21.7 Å². The van der Waals surface area contributed by atoms with Gasteiger partial charge in [-0.3, -0.25) is 0 Å². The van der Waals surface area contributed by atoms with Crippen molar-refractivity contribution in [3.8, 4) is 0 Å². The van der Waals surface area contributed by atoms with Crippen molar-refractivity contribution < 1.29 is 8.42 Å². The third-order valence-corrected chi connectivity index (χ3v) is 7.22. The molecule has 1 aliphatic carbocycles. The Morgan fingerprint density at radius 2 is 2.18 bits per heavy atom. The molecule has 2 N–H and O–H groups in total. The van der Waals surface area contributed by atoms with Gasteiger partial charge in [0.25, 0.3) is 0 Å². The Bertz CT molecular complexity index is 477. The highest BCUT2D eigenvalue weighted by molar-refractivity contribution is 7.94. The number of nitrogens with two attached hydrogens (primary N) is 1. The van der Waals surface area contributed by atoms with E-state index >= 15 is 0 Å². The van der Waals surface area contributed by atoms with Crippen molar-refractivity contribution >= 4 is 21.2 Å². The van der Waals surface area contributed by atoms with E-state index in [2.05, 4.69) is 13.8 Å². The molecule has 0 spiro atoms. The van der Waals surface area contributed by atoms with Crippen LogP contribution in [0.2, 0.25) is 0 Å². The molecular formula is C12H19NO2S2. The maximum Gasteiger partial charge on any atom is 0.192 e. The molecule has 0 radical (unpaired) electrons. The molecule has 1 fully saturated rings. The lowest BCUT2D eigenvalue weighted by molar-refractivity contribution is 0.227. The Hall–Kier alpha value is -0.390. The van der Waals surface area contributed by atoms with Crippen molar-refractivity contribution in [3.63, 3.8) is 0 Å². The smallest absolute Gasteiger partial charge is 0.192 e. The van der Waals surface area contributed by atoms with E-state index in [1.165, 1.54) is 11.3 Å². The van der Waals surface area contributed by atoms with Gasteiger partial charge in [-0.1, -0.05) is 19.9 Å². The first kappa shape index (κ1) is 13.1. The Labute approximate surface area is 107 Å².